The second kappa shape index (κ2) is 19.6. The lowest BCUT2D eigenvalue weighted by atomic mass is 10.1. The van der Waals surface area contributed by atoms with Crippen molar-refractivity contribution in [2.24, 2.45) is 17.2 Å². The molecule has 3 unspecified atom stereocenters. The Bertz CT molecular complexity index is 752. The zero-order valence-electron chi connectivity index (χ0n) is 32.5. The molecule has 4 heterocycles. The minimum atomic E-state index is 0.294. The van der Waals surface area contributed by atoms with Crippen LogP contribution < -0.4 is 22.5 Å². The zero-order valence-corrected chi connectivity index (χ0v) is 32.5. The first-order valence-corrected chi connectivity index (χ1v) is 18.6. The Balaban J connectivity index is 0.000000301. The Kier molecular flexibility index (Phi) is 18.6. The maximum atomic E-state index is 5.98. The van der Waals surface area contributed by atoms with Gasteiger partial charge in [-0.15, -0.1) is 0 Å². The summed E-state index contributed by atoms with van der Waals surface area (Å²) in [7, 11) is 0. The number of hydrogen-bond acceptors (Lipinski definition) is 8. The number of nitrogens with one attached hydrogen (secondary N) is 1. The smallest absolute Gasteiger partial charge is 0.0180 e. The molecule has 45 heavy (non-hydrogen) atoms. The SMILES string of the molecule is CC(C)(C)N1CCC(N)C1.CC(C)(C)N1CCCC(N)CC1.CC(C)(C)N1CCCCC(N)C1.CC(C)(C)N1CCCNCC1. The van der Waals surface area contributed by atoms with Crippen LogP contribution in [-0.2, 0) is 0 Å². The van der Waals surface area contributed by atoms with Gasteiger partial charge in [0.2, 0.25) is 0 Å². The first kappa shape index (κ1) is 42.7. The fourth-order valence-electron chi connectivity index (χ4n) is 6.49. The highest BCUT2D eigenvalue weighted by Gasteiger charge is 2.28. The molecule has 4 saturated heterocycles. The van der Waals surface area contributed by atoms with Crippen molar-refractivity contribution >= 4 is 0 Å². The molecule has 0 radical (unpaired) electrons. The second-order valence-corrected chi connectivity index (χ2v) is 18.1. The molecule has 4 aliphatic heterocycles. The summed E-state index contributed by atoms with van der Waals surface area (Å²) in [5.41, 5.74) is 19.0. The molecular weight excluding hydrogens is 556 g/mol. The Morgan fingerprint density at radius 2 is 0.800 bits per heavy atom. The van der Waals surface area contributed by atoms with Crippen molar-refractivity contribution < 1.29 is 0 Å². The van der Waals surface area contributed by atoms with Crippen LogP contribution in [-0.4, -0.2) is 125 Å². The Labute approximate surface area is 281 Å². The van der Waals surface area contributed by atoms with E-state index in [0.29, 0.717) is 40.3 Å². The van der Waals surface area contributed by atoms with Gasteiger partial charge >= 0.3 is 0 Å². The molecule has 3 atom stereocenters. The van der Waals surface area contributed by atoms with E-state index in [1.54, 1.807) is 0 Å². The summed E-state index contributed by atoms with van der Waals surface area (Å²) in [6.07, 6.45) is 9.89. The summed E-state index contributed by atoms with van der Waals surface area (Å²) >= 11 is 0. The molecule has 0 bridgehead atoms. The third-order valence-electron chi connectivity index (χ3n) is 9.84. The van der Waals surface area contributed by atoms with Gasteiger partial charge in [-0.1, -0.05) is 6.42 Å². The van der Waals surface area contributed by atoms with Crippen molar-refractivity contribution in [1.82, 2.24) is 24.9 Å². The lowest BCUT2D eigenvalue weighted by Crippen LogP contribution is -2.46. The maximum Gasteiger partial charge on any atom is 0.0180 e. The van der Waals surface area contributed by atoms with Crippen molar-refractivity contribution in [1.29, 1.82) is 0 Å². The van der Waals surface area contributed by atoms with Crippen molar-refractivity contribution in [3.05, 3.63) is 0 Å². The summed E-state index contributed by atoms with van der Waals surface area (Å²) in [6.45, 7) is 39.0. The van der Waals surface area contributed by atoms with Gasteiger partial charge in [-0.25, -0.2) is 0 Å². The van der Waals surface area contributed by atoms with E-state index in [0.717, 1.165) is 32.5 Å². The molecule has 8 nitrogen and oxygen atoms in total. The third-order valence-corrected chi connectivity index (χ3v) is 9.84. The molecule has 0 aromatic heterocycles. The molecule has 0 aliphatic carbocycles. The summed E-state index contributed by atoms with van der Waals surface area (Å²) in [5, 5.41) is 3.41. The average Bonchev–Trinajstić information content (AvgIpc) is 3.12. The number of likely N-dealkylation sites (tertiary alicyclic amines) is 3. The fraction of sp³-hybridized carbons (Fsp3) is 1.00. The van der Waals surface area contributed by atoms with Gasteiger partial charge in [0, 0.05) is 79.5 Å². The quantitative estimate of drug-likeness (QED) is 0.291. The summed E-state index contributed by atoms with van der Waals surface area (Å²) in [4.78, 5) is 10.0. The van der Waals surface area contributed by atoms with Gasteiger partial charge in [0.15, 0.2) is 0 Å². The number of hydrogen-bond donors (Lipinski definition) is 4. The highest BCUT2D eigenvalue weighted by molar-refractivity contribution is 4.86. The third kappa shape index (κ3) is 18.7. The molecule has 270 valence electrons. The largest absolute Gasteiger partial charge is 0.328 e. The van der Waals surface area contributed by atoms with E-state index < -0.39 is 0 Å². The van der Waals surface area contributed by atoms with Gasteiger partial charge in [0.1, 0.15) is 0 Å². The van der Waals surface area contributed by atoms with Crippen LogP contribution >= 0.6 is 0 Å². The fourth-order valence-corrected chi connectivity index (χ4v) is 6.49. The van der Waals surface area contributed by atoms with Crippen molar-refractivity contribution in [3.63, 3.8) is 0 Å². The molecule has 8 heteroatoms. The van der Waals surface area contributed by atoms with Crippen LogP contribution in [0.1, 0.15) is 134 Å². The summed E-state index contributed by atoms with van der Waals surface area (Å²) in [5.74, 6) is 0. The molecule has 7 N–H and O–H groups in total. The summed E-state index contributed by atoms with van der Waals surface area (Å²) < 4.78 is 0. The van der Waals surface area contributed by atoms with E-state index >= 15 is 0 Å². The summed E-state index contributed by atoms with van der Waals surface area (Å²) in [6, 6.07) is 1.25. The topological polar surface area (TPSA) is 103 Å². The van der Waals surface area contributed by atoms with Crippen LogP contribution in [0, 0.1) is 0 Å². The normalized spacial score (nSPS) is 27.4. The maximum absolute atomic E-state index is 5.98. The minimum absolute atomic E-state index is 0.294. The average molecular weight is 639 g/mol. The highest BCUT2D eigenvalue weighted by atomic mass is 15.2. The monoisotopic (exact) mass is 639 g/mol. The predicted octanol–water partition coefficient (Wildman–Crippen LogP) is 5.09. The van der Waals surface area contributed by atoms with E-state index in [-0.39, 0.29) is 0 Å². The molecule has 0 aromatic rings. The number of nitrogens with zero attached hydrogens (tertiary/aromatic N) is 4. The van der Waals surface area contributed by atoms with Crippen LogP contribution in [0.3, 0.4) is 0 Å². The van der Waals surface area contributed by atoms with Crippen molar-refractivity contribution in [2.45, 2.75) is 175 Å². The first-order valence-electron chi connectivity index (χ1n) is 18.6. The van der Waals surface area contributed by atoms with Crippen LogP contribution in [0.2, 0.25) is 0 Å². The lowest BCUT2D eigenvalue weighted by molar-refractivity contribution is 0.136. The number of rotatable bonds is 0. The van der Waals surface area contributed by atoms with E-state index in [9.17, 15) is 0 Å². The number of nitrogens with two attached hydrogens (primary N) is 3. The van der Waals surface area contributed by atoms with Crippen molar-refractivity contribution in [2.75, 3.05) is 65.4 Å². The Hall–Kier alpha value is -0.320. The van der Waals surface area contributed by atoms with Gasteiger partial charge < -0.3 is 22.5 Å². The van der Waals surface area contributed by atoms with E-state index in [1.807, 2.05) is 0 Å². The molecular formula is C37H82N8. The highest BCUT2D eigenvalue weighted by Crippen LogP contribution is 2.21. The van der Waals surface area contributed by atoms with Crippen LogP contribution in [0.25, 0.3) is 0 Å². The van der Waals surface area contributed by atoms with Gasteiger partial charge in [-0.05, 0) is 154 Å². The molecule has 0 saturated carbocycles. The van der Waals surface area contributed by atoms with Crippen LogP contribution in [0.5, 0.6) is 0 Å². The predicted molar refractivity (Wildman–Crippen MR) is 199 cm³/mol. The minimum Gasteiger partial charge on any atom is -0.328 e. The van der Waals surface area contributed by atoms with Gasteiger partial charge in [-0.3, -0.25) is 19.6 Å². The standard InChI is InChI=1S/2C10H22N2.C9H20N2.C8H18N2/c1-10(2,3)12-7-4-5-9(11)6-8-12;1-10(2,3)12-7-5-4-6-9(11)8-12;1-9(2,3)11-7-4-5-10-6-8-11;1-8(2,3)10-5-4-7(9)6-10/h2*9H,4-8,11H2,1-3H3;10H,4-8H2,1-3H3;7H,4-6,9H2,1-3H3. The van der Waals surface area contributed by atoms with E-state index in [4.69, 9.17) is 17.2 Å². The molecule has 4 rings (SSSR count). The van der Waals surface area contributed by atoms with Gasteiger partial charge in [0.25, 0.3) is 0 Å². The van der Waals surface area contributed by atoms with Gasteiger partial charge in [-0.2, -0.15) is 0 Å². The second-order valence-electron chi connectivity index (χ2n) is 18.1. The molecule has 0 aromatic carbocycles. The Morgan fingerprint density at radius 1 is 0.400 bits per heavy atom. The van der Waals surface area contributed by atoms with Gasteiger partial charge in [0.05, 0.1) is 0 Å². The molecule has 4 fully saturated rings. The first-order chi connectivity index (χ1) is 20.6. The molecule has 0 amide bonds. The van der Waals surface area contributed by atoms with Crippen LogP contribution in [0.15, 0.2) is 0 Å². The molecule has 4 aliphatic rings. The zero-order chi connectivity index (χ0) is 34.5. The lowest BCUT2D eigenvalue weighted by Gasteiger charge is -2.35. The van der Waals surface area contributed by atoms with E-state index in [2.05, 4.69) is 108 Å². The molecule has 0 spiro atoms. The van der Waals surface area contributed by atoms with Crippen molar-refractivity contribution in [3.8, 4) is 0 Å². The van der Waals surface area contributed by atoms with Crippen LogP contribution in [0.4, 0.5) is 0 Å². The van der Waals surface area contributed by atoms with E-state index in [1.165, 1.54) is 84.3 Å². The Morgan fingerprint density at radius 3 is 1.31 bits per heavy atom.